The lowest BCUT2D eigenvalue weighted by Gasteiger charge is -2.20. The van der Waals surface area contributed by atoms with Crippen molar-refractivity contribution in [2.24, 2.45) is 0 Å². The molecule has 1 aliphatic rings. The van der Waals surface area contributed by atoms with E-state index < -0.39 is 17.8 Å². The Balaban J connectivity index is 1.17. The number of carbonyl (C=O) groups excluding carboxylic acids is 3. The Hall–Kier alpha value is -5.20. The number of ketones is 2. The van der Waals surface area contributed by atoms with Crippen LogP contribution < -0.4 is 23.8 Å². The van der Waals surface area contributed by atoms with Crippen molar-refractivity contribution in [2.75, 3.05) is 32.8 Å². The molecular weight excluding hydrogens is 604 g/mol. The molecule has 45 heavy (non-hydrogen) atoms. The Morgan fingerprint density at radius 2 is 1.80 bits per heavy atom. The molecule has 1 unspecified atom stereocenters. The predicted octanol–water partition coefficient (Wildman–Crippen LogP) is 4.02. The van der Waals surface area contributed by atoms with E-state index in [4.69, 9.17) is 30.5 Å². The molecule has 0 saturated carbocycles. The number of ether oxygens (including phenoxy) is 4. The Kier molecular flexibility index (Phi) is 9.45. The van der Waals surface area contributed by atoms with Crippen molar-refractivity contribution >= 4 is 40.8 Å². The molecule has 1 aromatic heterocycles. The zero-order valence-corrected chi connectivity index (χ0v) is 25.4. The van der Waals surface area contributed by atoms with Crippen molar-refractivity contribution in [1.29, 1.82) is 0 Å². The molecule has 0 spiro atoms. The second-order valence-electron chi connectivity index (χ2n) is 9.93. The van der Waals surface area contributed by atoms with Crippen LogP contribution in [0.15, 0.2) is 66.9 Å². The number of halogens is 1. The summed E-state index contributed by atoms with van der Waals surface area (Å²) >= 11 is 5.96. The average molecular weight is 633 g/mol. The number of anilines is 1. The van der Waals surface area contributed by atoms with Gasteiger partial charge in [0, 0.05) is 5.02 Å². The number of aliphatic hydroxyl groups is 1. The number of benzene rings is 3. The Morgan fingerprint density at radius 1 is 1.00 bits per heavy atom. The van der Waals surface area contributed by atoms with Crippen molar-refractivity contribution in [3.8, 4) is 23.0 Å². The number of Topliss-reactive ketones (excluding diaryl/α,β-unsaturated/α-hetero) is 1. The molecule has 1 aliphatic heterocycles. The van der Waals surface area contributed by atoms with Crippen LogP contribution >= 0.6 is 11.6 Å². The van der Waals surface area contributed by atoms with Crippen molar-refractivity contribution in [2.45, 2.75) is 19.3 Å². The predicted molar refractivity (Wildman–Crippen MR) is 164 cm³/mol. The lowest BCUT2D eigenvalue weighted by Crippen LogP contribution is -2.38. The van der Waals surface area contributed by atoms with E-state index in [1.165, 1.54) is 43.1 Å². The molecule has 0 fully saturated rings. The number of hydrogen-bond acceptors (Lipinski definition) is 10. The molecule has 4 aromatic rings. The lowest BCUT2D eigenvalue weighted by atomic mass is 10.1. The molecule has 12 nitrogen and oxygen atoms in total. The molecule has 2 heterocycles. The summed E-state index contributed by atoms with van der Waals surface area (Å²) in [7, 11) is 4.43. The van der Waals surface area contributed by atoms with Crippen LogP contribution in [0.1, 0.15) is 32.0 Å². The second-order valence-corrected chi connectivity index (χ2v) is 10.4. The number of hydrogen-bond donors (Lipinski definition) is 1. The smallest absolute Gasteiger partial charge is 0.299 e. The third-order valence-electron chi connectivity index (χ3n) is 6.95. The highest BCUT2D eigenvalue weighted by molar-refractivity contribution is 6.52. The van der Waals surface area contributed by atoms with E-state index in [2.05, 4.69) is 10.3 Å². The monoisotopic (exact) mass is 632 g/mol. The summed E-state index contributed by atoms with van der Waals surface area (Å²) in [6, 6.07) is 15.0. The van der Waals surface area contributed by atoms with Crippen LogP contribution in [0.2, 0.25) is 5.02 Å². The highest BCUT2D eigenvalue weighted by Crippen LogP contribution is 2.40. The van der Waals surface area contributed by atoms with Gasteiger partial charge in [-0.1, -0.05) is 35.0 Å². The van der Waals surface area contributed by atoms with Gasteiger partial charge in [-0.25, -0.2) is 4.68 Å². The SMILES string of the molecule is COc1ccc(C(=O)/C=C/c2cccc(OCc3cn(CC(O)CN4C(=O)C(=O)c5cc(Cl)ccc54)nn3)c2)c(OC)c1OC. The fourth-order valence-corrected chi connectivity index (χ4v) is 5.03. The van der Waals surface area contributed by atoms with E-state index in [9.17, 15) is 19.5 Å². The number of aromatic nitrogens is 3. The van der Waals surface area contributed by atoms with Gasteiger partial charge >= 0.3 is 0 Å². The van der Waals surface area contributed by atoms with Gasteiger partial charge in [-0.05, 0) is 54.1 Å². The number of allylic oxidation sites excluding steroid dienone is 1. The van der Waals surface area contributed by atoms with Gasteiger partial charge < -0.3 is 29.0 Å². The zero-order chi connectivity index (χ0) is 32.1. The average Bonchev–Trinajstić information content (AvgIpc) is 3.59. The molecule has 0 bridgehead atoms. The van der Waals surface area contributed by atoms with Gasteiger partial charge in [0.1, 0.15) is 18.1 Å². The van der Waals surface area contributed by atoms with Gasteiger partial charge in [0.25, 0.3) is 11.7 Å². The number of aliphatic hydroxyl groups excluding tert-OH is 1. The maximum atomic E-state index is 13.0. The Labute approximate surface area is 263 Å². The molecule has 1 N–H and O–H groups in total. The Morgan fingerprint density at radius 3 is 2.56 bits per heavy atom. The van der Waals surface area contributed by atoms with Crippen LogP contribution in [0.5, 0.6) is 23.0 Å². The first-order valence-electron chi connectivity index (χ1n) is 13.7. The second kappa shape index (κ2) is 13.6. The number of amides is 1. The number of nitrogens with zero attached hydrogens (tertiary/aromatic N) is 4. The highest BCUT2D eigenvalue weighted by atomic mass is 35.5. The van der Waals surface area contributed by atoms with Crippen LogP contribution in [0.4, 0.5) is 5.69 Å². The van der Waals surface area contributed by atoms with Gasteiger partial charge in [0.15, 0.2) is 17.3 Å². The lowest BCUT2D eigenvalue weighted by molar-refractivity contribution is -0.114. The van der Waals surface area contributed by atoms with Crippen molar-refractivity contribution in [1.82, 2.24) is 15.0 Å². The summed E-state index contributed by atoms with van der Waals surface area (Å²) in [6.07, 6.45) is 3.68. The molecule has 1 atom stereocenters. The van der Waals surface area contributed by atoms with Gasteiger partial charge in [0.2, 0.25) is 5.75 Å². The van der Waals surface area contributed by atoms with Crippen LogP contribution in [0.25, 0.3) is 6.08 Å². The quantitative estimate of drug-likeness (QED) is 0.130. The van der Waals surface area contributed by atoms with Gasteiger partial charge in [-0.3, -0.25) is 14.4 Å². The third kappa shape index (κ3) is 6.82. The first-order valence-corrected chi connectivity index (χ1v) is 14.1. The van der Waals surface area contributed by atoms with Crippen LogP contribution in [-0.4, -0.2) is 71.6 Å². The van der Waals surface area contributed by atoms with E-state index in [0.29, 0.717) is 39.2 Å². The normalized spacial score (nSPS) is 13.2. The first kappa shape index (κ1) is 31.2. The molecule has 0 saturated heterocycles. The number of rotatable bonds is 13. The largest absolute Gasteiger partial charge is 0.493 e. The van der Waals surface area contributed by atoms with Gasteiger partial charge in [-0.15, -0.1) is 5.10 Å². The number of methoxy groups -OCH3 is 3. The van der Waals surface area contributed by atoms with Crippen LogP contribution in [0, 0.1) is 0 Å². The molecule has 0 aliphatic carbocycles. The molecular formula is C32H29ClN4O8. The topological polar surface area (TPSA) is 142 Å². The van der Waals surface area contributed by atoms with E-state index in [-0.39, 0.29) is 36.8 Å². The fourth-order valence-electron chi connectivity index (χ4n) is 4.85. The zero-order valence-electron chi connectivity index (χ0n) is 24.6. The minimum atomic E-state index is -1.02. The summed E-state index contributed by atoms with van der Waals surface area (Å²) in [5, 5.41) is 19.1. The number of β-amino-alcohol motifs (C(OH)–C–C–N with tert-alkyl or cyclic N) is 1. The van der Waals surface area contributed by atoms with Crippen LogP contribution in [-0.2, 0) is 17.9 Å². The molecule has 13 heteroatoms. The summed E-state index contributed by atoms with van der Waals surface area (Å²) in [5.74, 6) is -0.0730. The van der Waals surface area contributed by atoms with Gasteiger partial charge in [0.05, 0.1) is 63.5 Å². The third-order valence-corrected chi connectivity index (χ3v) is 7.19. The summed E-state index contributed by atoms with van der Waals surface area (Å²) in [4.78, 5) is 39.0. The molecule has 1 amide bonds. The fraction of sp³-hybridized carbons (Fsp3) is 0.219. The number of fused-ring (bicyclic) bond motifs is 1. The van der Waals surface area contributed by atoms with E-state index >= 15 is 0 Å². The van der Waals surface area contributed by atoms with Crippen LogP contribution in [0.3, 0.4) is 0 Å². The van der Waals surface area contributed by atoms with E-state index in [0.717, 1.165) is 5.56 Å². The highest BCUT2D eigenvalue weighted by Gasteiger charge is 2.36. The van der Waals surface area contributed by atoms with Crippen molar-refractivity contribution in [3.63, 3.8) is 0 Å². The van der Waals surface area contributed by atoms with E-state index in [1.807, 2.05) is 6.07 Å². The molecule has 5 rings (SSSR count). The molecule has 0 radical (unpaired) electrons. The maximum absolute atomic E-state index is 13.0. The molecule has 232 valence electrons. The number of carbonyl (C=O) groups is 3. The summed E-state index contributed by atoms with van der Waals surface area (Å²) in [5.41, 5.74) is 2.17. The minimum absolute atomic E-state index is 0.0348. The summed E-state index contributed by atoms with van der Waals surface area (Å²) in [6.45, 7) is 0.0256. The minimum Gasteiger partial charge on any atom is -0.493 e. The van der Waals surface area contributed by atoms with E-state index in [1.54, 1.807) is 54.7 Å². The summed E-state index contributed by atoms with van der Waals surface area (Å²) < 4.78 is 23.4. The van der Waals surface area contributed by atoms with Crippen molar-refractivity contribution < 1.29 is 38.4 Å². The maximum Gasteiger partial charge on any atom is 0.299 e. The van der Waals surface area contributed by atoms with Crippen molar-refractivity contribution in [3.05, 3.63) is 94.3 Å². The van der Waals surface area contributed by atoms with Gasteiger partial charge in [-0.2, -0.15) is 0 Å². The standard InChI is InChI=1S/C32H29ClN4O8/c1-42-28-12-9-24(30(43-2)31(28)44-3)27(39)11-7-19-5-4-6-23(13-19)45-18-21-15-36(35-34-21)16-22(38)17-37-26-10-8-20(33)14-25(26)29(40)32(37)41/h4-15,22,38H,16-18H2,1-3H3/b11-7+. The first-order chi connectivity index (χ1) is 21.7. The Bertz CT molecular complexity index is 1790. The molecule has 3 aromatic carbocycles.